The van der Waals surface area contributed by atoms with Crippen LogP contribution in [0.4, 0.5) is 10.8 Å². The number of amides is 2. The Hall–Kier alpha value is -2.74. The number of carbonyl (C=O) groups excluding carboxylic acids is 2. The monoisotopic (exact) mass is 343 g/mol. The first-order valence-corrected chi connectivity index (χ1v) is 8.24. The van der Waals surface area contributed by atoms with Gasteiger partial charge in [-0.1, -0.05) is 18.2 Å². The standard InChI is InChI=1S/C16H17N5O2S/c1-9-10(2)24-16(18-9)19-15(23)12-8-13(14(17)22)21(20-12)11-6-4-3-5-7-11/h3-7,13H,8H2,1-2H3,(H2,17,22)(H,18,19,23). The topological polar surface area (TPSA) is 101 Å². The second-order valence-corrected chi connectivity index (χ2v) is 6.67. The van der Waals surface area contributed by atoms with Gasteiger partial charge in [0, 0.05) is 11.3 Å². The van der Waals surface area contributed by atoms with Gasteiger partial charge in [-0.3, -0.25) is 19.9 Å². The van der Waals surface area contributed by atoms with Crippen molar-refractivity contribution in [3.05, 3.63) is 40.9 Å². The predicted molar refractivity (Wildman–Crippen MR) is 94.2 cm³/mol. The van der Waals surface area contributed by atoms with E-state index in [1.807, 2.05) is 44.2 Å². The smallest absolute Gasteiger partial charge is 0.273 e. The Kier molecular flexibility index (Phi) is 4.30. The molecule has 1 aromatic carbocycles. The number of thiazole rings is 1. The predicted octanol–water partition coefficient (Wildman–Crippen LogP) is 1.82. The van der Waals surface area contributed by atoms with Gasteiger partial charge in [-0.05, 0) is 26.0 Å². The summed E-state index contributed by atoms with van der Waals surface area (Å²) >= 11 is 1.40. The maximum Gasteiger partial charge on any atom is 0.273 e. The Balaban J connectivity index is 1.82. The Morgan fingerprint density at radius 2 is 2.00 bits per heavy atom. The molecule has 7 nitrogen and oxygen atoms in total. The SMILES string of the molecule is Cc1nc(NC(=O)C2=NN(c3ccccc3)C(C(N)=O)C2)sc1C. The Morgan fingerprint density at radius 3 is 2.58 bits per heavy atom. The summed E-state index contributed by atoms with van der Waals surface area (Å²) in [5, 5.41) is 9.05. The molecule has 0 saturated heterocycles. The van der Waals surface area contributed by atoms with Gasteiger partial charge in [0.1, 0.15) is 11.8 Å². The van der Waals surface area contributed by atoms with E-state index in [9.17, 15) is 9.59 Å². The minimum absolute atomic E-state index is 0.166. The molecule has 124 valence electrons. The van der Waals surface area contributed by atoms with E-state index in [1.165, 1.54) is 16.3 Å². The normalized spacial score (nSPS) is 16.8. The molecular weight excluding hydrogens is 326 g/mol. The fraction of sp³-hybridized carbons (Fsp3) is 0.250. The van der Waals surface area contributed by atoms with Gasteiger partial charge in [0.25, 0.3) is 5.91 Å². The summed E-state index contributed by atoms with van der Waals surface area (Å²) < 4.78 is 0. The quantitative estimate of drug-likeness (QED) is 0.884. The van der Waals surface area contributed by atoms with Gasteiger partial charge in [-0.15, -0.1) is 11.3 Å². The van der Waals surface area contributed by atoms with Crippen molar-refractivity contribution in [3.8, 4) is 0 Å². The molecule has 0 bridgehead atoms. The highest BCUT2D eigenvalue weighted by Gasteiger charge is 2.35. The highest BCUT2D eigenvalue weighted by Crippen LogP contribution is 2.26. The van der Waals surface area contributed by atoms with Crippen molar-refractivity contribution in [1.29, 1.82) is 0 Å². The number of anilines is 2. The van der Waals surface area contributed by atoms with Crippen molar-refractivity contribution in [2.45, 2.75) is 26.3 Å². The van der Waals surface area contributed by atoms with Gasteiger partial charge in [-0.2, -0.15) is 5.10 Å². The molecule has 2 aromatic rings. The van der Waals surface area contributed by atoms with E-state index < -0.39 is 11.9 Å². The van der Waals surface area contributed by atoms with Crippen LogP contribution in [0, 0.1) is 13.8 Å². The van der Waals surface area contributed by atoms with E-state index >= 15 is 0 Å². The van der Waals surface area contributed by atoms with E-state index in [4.69, 9.17) is 5.73 Å². The molecule has 1 unspecified atom stereocenters. The highest BCUT2D eigenvalue weighted by molar-refractivity contribution is 7.15. The summed E-state index contributed by atoms with van der Waals surface area (Å²) in [6.45, 7) is 3.82. The first-order valence-electron chi connectivity index (χ1n) is 7.42. The molecule has 1 aliphatic heterocycles. The molecule has 8 heteroatoms. The average molecular weight is 343 g/mol. The third-order valence-electron chi connectivity index (χ3n) is 3.77. The van der Waals surface area contributed by atoms with Crippen LogP contribution in [-0.4, -0.2) is 28.6 Å². The fourth-order valence-corrected chi connectivity index (χ4v) is 3.19. The zero-order valence-corrected chi connectivity index (χ0v) is 14.1. The van der Waals surface area contributed by atoms with Crippen LogP contribution in [-0.2, 0) is 9.59 Å². The molecule has 0 fully saturated rings. The molecule has 24 heavy (non-hydrogen) atoms. The van der Waals surface area contributed by atoms with Gasteiger partial charge in [-0.25, -0.2) is 4.98 Å². The van der Waals surface area contributed by atoms with Crippen LogP contribution in [0.15, 0.2) is 35.4 Å². The second-order valence-electron chi connectivity index (χ2n) is 5.46. The lowest BCUT2D eigenvalue weighted by Crippen LogP contribution is -2.39. The number of primary amides is 1. The molecule has 3 N–H and O–H groups in total. The van der Waals surface area contributed by atoms with Crippen molar-refractivity contribution in [3.63, 3.8) is 0 Å². The lowest BCUT2D eigenvalue weighted by Gasteiger charge is -2.20. The number of aromatic nitrogens is 1. The summed E-state index contributed by atoms with van der Waals surface area (Å²) in [4.78, 5) is 29.5. The molecule has 0 spiro atoms. The number of para-hydroxylation sites is 1. The first kappa shape index (κ1) is 16.1. The number of nitrogens with one attached hydrogen (secondary N) is 1. The van der Waals surface area contributed by atoms with Crippen molar-refractivity contribution in [1.82, 2.24) is 4.98 Å². The largest absolute Gasteiger partial charge is 0.368 e. The van der Waals surface area contributed by atoms with Gasteiger partial charge in [0.05, 0.1) is 11.4 Å². The zero-order valence-electron chi connectivity index (χ0n) is 13.3. The Morgan fingerprint density at radius 1 is 1.29 bits per heavy atom. The van der Waals surface area contributed by atoms with Crippen LogP contribution in [0.2, 0.25) is 0 Å². The molecular formula is C16H17N5O2S. The van der Waals surface area contributed by atoms with Gasteiger partial charge >= 0.3 is 0 Å². The van der Waals surface area contributed by atoms with E-state index in [1.54, 1.807) is 0 Å². The zero-order chi connectivity index (χ0) is 17.3. The number of hydrazone groups is 1. The number of carbonyl (C=O) groups is 2. The number of nitrogens with two attached hydrogens (primary N) is 1. The highest BCUT2D eigenvalue weighted by atomic mass is 32.1. The van der Waals surface area contributed by atoms with Crippen LogP contribution in [0.25, 0.3) is 0 Å². The lowest BCUT2D eigenvalue weighted by molar-refractivity contribution is -0.119. The minimum Gasteiger partial charge on any atom is -0.368 e. The van der Waals surface area contributed by atoms with Crippen LogP contribution in [0.5, 0.6) is 0 Å². The molecule has 2 amide bonds. The van der Waals surface area contributed by atoms with E-state index in [-0.39, 0.29) is 18.0 Å². The molecule has 0 aliphatic carbocycles. The van der Waals surface area contributed by atoms with E-state index in [0.717, 1.165) is 10.6 Å². The van der Waals surface area contributed by atoms with Crippen molar-refractivity contribution in [2.24, 2.45) is 10.8 Å². The summed E-state index contributed by atoms with van der Waals surface area (Å²) in [5.74, 6) is -0.889. The maximum absolute atomic E-state index is 12.4. The molecule has 1 aromatic heterocycles. The van der Waals surface area contributed by atoms with Gasteiger partial charge < -0.3 is 5.73 Å². The number of aryl methyl sites for hydroxylation is 2. The Labute approximate surface area is 143 Å². The molecule has 1 aliphatic rings. The minimum atomic E-state index is -0.673. The van der Waals surface area contributed by atoms with Gasteiger partial charge in [0.15, 0.2) is 5.13 Å². The molecule has 3 rings (SSSR count). The maximum atomic E-state index is 12.4. The molecule has 2 heterocycles. The summed E-state index contributed by atoms with van der Waals surface area (Å²) in [6.07, 6.45) is 0.166. The van der Waals surface area contributed by atoms with Crippen molar-refractivity contribution in [2.75, 3.05) is 10.3 Å². The average Bonchev–Trinajstić information content (AvgIpc) is 3.13. The number of rotatable bonds is 4. The van der Waals surface area contributed by atoms with Crippen LogP contribution in [0.1, 0.15) is 17.0 Å². The van der Waals surface area contributed by atoms with Crippen LogP contribution >= 0.6 is 11.3 Å². The van der Waals surface area contributed by atoms with Crippen molar-refractivity contribution >= 4 is 39.7 Å². The number of hydrogen-bond donors (Lipinski definition) is 2. The summed E-state index contributed by atoms with van der Waals surface area (Å²) in [7, 11) is 0. The van der Waals surface area contributed by atoms with Gasteiger partial charge in [0.2, 0.25) is 5.91 Å². The van der Waals surface area contributed by atoms with E-state index in [0.29, 0.717) is 10.8 Å². The summed E-state index contributed by atoms with van der Waals surface area (Å²) in [5.41, 5.74) is 7.32. The number of benzene rings is 1. The third-order valence-corrected chi connectivity index (χ3v) is 4.76. The Bertz CT molecular complexity index is 796. The fourth-order valence-electron chi connectivity index (χ4n) is 2.38. The molecule has 0 saturated carbocycles. The third kappa shape index (κ3) is 3.13. The first-order chi connectivity index (χ1) is 11.5. The van der Waals surface area contributed by atoms with E-state index in [2.05, 4.69) is 15.4 Å². The second kappa shape index (κ2) is 6.40. The summed E-state index contributed by atoms with van der Waals surface area (Å²) in [6, 6.07) is 8.49. The number of hydrogen-bond acceptors (Lipinski definition) is 6. The van der Waals surface area contributed by atoms with Crippen molar-refractivity contribution < 1.29 is 9.59 Å². The van der Waals surface area contributed by atoms with Crippen LogP contribution in [0.3, 0.4) is 0 Å². The molecule has 0 radical (unpaired) electrons. The molecule has 1 atom stereocenters. The number of nitrogens with zero attached hydrogens (tertiary/aromatic N) is 3. The lowest BCUT2D eigenvalue weighted by atomic mass is 10.1. The van der Waals surface area contributed by atoms with Crippen LogP contribution < -0.4 is 16.1 Å².